The number of aromatic nitrogens is 1. The molecule has 0 bridgehead atoms. The van der Waals surface area contributed by atoms with E-state index in [0.29, 0.717) is 40.9 Å². The molecular formula is C24H34N2O5. The normalized spacial score (nSPS) is 11.7. The number of carboxylic acid groups (broad SMARTS) is 1. The highest BCUT2D eigenvalue weighted by Crippen LogP contribution is 2.32. The number of amides is 1. The summed E-state index contributed by atoms with van der Waals surface area (Å²) in [5.74, 6) is 0.641. The fourth-order valence-corrected chi connectivity index (χ4v) is 3.49. The molecule has 7 heteroatoms. The average Bonchev–Trinajstić information content (AvgIpc) is 2.68. The van der Waals surface area contributed by atoms with Gasteiger partial charge >= 0.3 is 6.09 Å². The van der Waals surface area contributed by atoms with E-state index in [4.69, 9.17) is 4.74 Å². The highest BCUT2D eigenvalue weighted by Gasteiger charge is 2.30. The second-order valence-electron chi connectivity index (χ2n) is 9.25. The van der Waals surface area contributed by atoms with Gasteiger partial charge in [-0.25, -0.2) is 4.79 Å². The Balaban J connectivity index is 2.87. The highest BCUT2D eigenvalue weighted by molar-refractivity contribution is 5.93. The van der Waals surface area contributed by atoms with E-state index < -0.39 is 11.6 Å². The average molecular weight is 431 g/mol. The van der Waals surface area contributed by atoms with Crippen molar-refractivity contribution in [1.29, 1.82) is 0 Å². The maximum atomic E-state index is 13.4. The third-order valence-electron chi connectivity index (χ3n) is 5.13. The van der Waals surface area contributed by atoms with Gasteiger partial charge in [0.25, 0.3) is 5.56 Å². The SMILES string of the molecule is CCCCOc1c(CN(C(=O)O)C(C)(C)C)n(CC(C)C)c(=O)c2ccc(C=O)cc12. The molecule has 2 rings (SSSR count). The van der Waals surface area contributed by atoms with Crippen molar-refractivity contribution in [1.82, 2.24) is 9.47 Å². The van der Waals surface area contributed by atoms with Crippen LogP contribution in [0.2, 0.25) is 0 Å². The zero-order valence-electron chi connectivity index (χ0n) is 19.4. The Morgan fingerprint density at radius 3 is 2.45 bits per heavy atom. The summed E-state index contributed by atoms with van der Waals surface area (Å²) in [5.41, 5.74) is 0.0665. The molecule has 1 heterocycles. The largest absolute Gasteiger partial charge is 0.491 e. The summed E-state index contributed by atoms with van der Waals surface area (Å²) < 4.78 is 7.80. The summed E-state index contributed by atoms with van der Waals surface area (Å²) >= 11 is 0. The van der Waals surface area contributed by atoms with Crippen molar-refractivity contribution in [2.45, 2.75) is 73.0 Å². The third-order valence-corrected chi connectivity index (χ3v) is 5.13. The van der Waals surface area contributed by atoms with Crippen LogP contribution >= 0.6 is 0 Å². The van der Waals surface area contributed by atoms with Gasteiger partial charge in [-0.15, -0.1) is 0 Å². The Hall–Kier alpha value is -2.83. The van der Waals surface area contributed by atoms with E-state index in [1.165, 1.54) is 4.90 Å². The summed E-state index contributed by atoms with van der Waals surface area (Å²) in [7, 11) is 0. The van der Waals surface area contributed by atoms with Crippen molar-refractivity contribution in [3.8, 4) is 5.75 Å². The summed E-state index contributed by atoms with van der Waals surface area (Å²) in [5, 5.41) is 10.9. The second-order valence-corrected chi connectivity index (χ2v) is 9.25. The number of nitrogens with zero attached hydrogens (tertiary/aromatic N) is 2. The number of pyridine rings is 1. The molecule has 2 aromatic rings. The van der Waals surface area contributed by atoms with Crippen LogP contribution in [0.1, 0.15) is 70.4 Å². The van der Waals surface area contributed by atoms with Crippen molar-refractivity contribution in [2.75, 3.05) is 6.61 Å². The van der Waals surface area contributed by atoms with Crippen LogP contribution in [0.5, 0.6) is 5.75 Å². The predicted molar refractivity (Wildman–Crippen MR) is 122 cm³/mol. The van der Waals surface area contributed by atoms with Gasteiger partial charge in [0, 0.05) is 23.0 Å². The first-order chi connectivity index (χ1) is 14.5. The molecule has 0 unspecified atom stereocenters. The molecule has 1 aromatic carbocycles. The van der Waals surface area contributed by atoms with Crippen molar-refractivity contribution in [3.05, 3.63) is 39.8 Å². The molecule has 0 saturated heterocycles. The quantitative estimate of drug-likeness (QED) is 0.450. The van der Waals surface area contributed by atoms with Gasteiger partial charge in [-0.3, -0.25) is 14.5 Å². The summed E-state index contributed by atoms with van der Waals surface area (Å²) in [6.45, 7) is 12.4. The van der Waals surface area contributed by atoms with E-state index in [-0.39, 0.29) is 18.0 Å². The number of fused-ring (bicyclic) bond motifs is 1. The summed E-state index contributed by atoms with van der Waals surface area (Å²) in [6.07, 6.45) is 1.41. The molecule has 170 valence electrons. The number of ether oxygens (including phenoxy) is 1. The molecule has 31 heavy (non-hydrogen) atoms. The van der Waals surface area contributed by atoms with E-state index in [0.717, 1.165) is 19.1 Å². The monoisotopic (exact) mass is 430 g/mol. The minimum absolute atomic E-state index is 0.00348. The van der Waals surface area contributed by atoms with Gasteiger partial charge in [0.2, 0.25) is 0 Å². The van der Waals surface area contributed by atoms with Gasteiger partial charge in [-0.05, 0) is 45.2 Å². The lowest BCUT2D eigenvalue weighted by atomic mass is 10.0. The van der Waals surface area contributed by atoms with Crippen LogP contribution in [0.3, 0.4) is 0 Å². The maximum Gasteiger partial charge on any atom is 0.408 e. The van der Waals surface area contributed by atoms with E-state index >= 15 is 0 Å². The molecule has 0 saturated carbocycles. The van der Waals surface area contributed by atoms with Crippen LogP contribution in [0.4, 0.5) is 4.79 Å². The van der Waals surface area contributed by atoms with Gasteiger partial charge in [0.05, 0.1) is 24.2 Å². The van der Waals surface area contributed by atoms with Crippen LogP contribution in [-0.2, 0) is 13.1 Å². The van der Waals surface area contributed by atoms with Crippen molar-refractivity contribution >= 4 is 23.2 Å². The predicted octanol–water partition coefficient (Wildman–Crippen LogP) is 4.93. The molecular weight excluding hydrogens is 396 g/mol. The number of hydrogen-bond donors (Lipinski definition) is 1. The smallest absolute Gasteiger partial charge is 0.408 e. The number of carbonyl (C=O) groups excluding carboxylic acids is 1. The van der Waals surface area contributed by atoms with Crippen LogP contribution in [0, 0.1) is 5.92 Å². The van der Waals surface area contributed by atoms with E-state index in [1.807, 2.05) is 34.6 Å². The molecule has 0 aliphatic heterocycles. The number of rotatable bonds is 9. The van der Waals surface area contributed by atoms with Gasteiger partial charge < -0.3 is 14.4 Å². The Labute approximate surface area is 183 Å². The fourth-order valence-electron chi connectivity index (χ4n) is 3.49. The number of aldehydes is 1. The highest BCUT2D eigenvalue weighted by atomic mass is 16.5. The van der Waals surface area contributed by atoms with Crippen LogP contribution in [-0.4, -0.2) is 39.1 Å². The van der Waals surface area contributed by atoms with Gasteiger partial charge in [0.15, 0.2) is 0 Å². The zero-order valence-corrected chi connectivity index (χ0v) is 19.4. The van der Waals surface area contributed by atoms with E-state index in [2.05, 4.69) is 6.92 Å². The molecule has 1 aromatic heterocycles. The Kier molecular flexibility index (Phi) is 7.87. The number of benzene rings is 1. The molecule has 0 radical (unpaired) electrons. The van der Waals surface area contributed by atoms with Crippen molar-refractivity contribution in [3.63, 3.8) is 0 Å². The molecule has 0 spiro atoms. The molecule has 1 N–H and O–H groups in total. The van der Waals surface area contributed by atoms with Crippen LogP contribution < -0.4 is 10.3 Å². The number of carbonyl (C=O) groups is 2. The molecule has 0 aliphatic rings. The molecule has 7 nitrogen and oxygen atoms in total. The van der Waals surface area contributed by atoms with Gasteiger partial charge in [0.1, 0.15) is 12.0 Å². The number of unbranched alkanes of at least 4 members (excludes halogenated alkanes) is 1. The first kappa shape index (κ1) is 24.4. The van der Waals surface area contributed by atoms with Gasteiger partial charge in [-0.1, -0.05) is 33.3 Å². The van der Waals surface area contributed by atoms with Crippen molar-refractivity contribution < 1.29 is 19.4 Å². The summed E-state index contributed by atoms with van der Waals surface area (Å²) in [4.78, 5) is 38.2. The zero-order chi connectivity index (χ0) is 23.3. The Morgan fingerprint density at radius 1 is 1.26 bits per heavy atom. The van der Waals surface area contributed by atoms with Crippen LogP contribution in [0.25, 0.3) is 10.8 Å². The first-order valence-corrected chi connectivity index (χ1v) is 10.8. The minimum atomic E-state index is -1.07. The third kappa shape index (κ3) is 5.66. The van der Waals surface area contributed by atoms with Gasteiger partial charge in [-0.2, -0.15) is 0 Å². The molecule has 0 fully saturated rings. The molecule has 1 amide bonds. The topological polar surface area (TPSA) is 88.8 Å². The summed E-state index contributed by atoms with van der Waals surface area (Å²) in [6, 6.07) is 4.91. The first-order valence-electron chi connectivity index (χ1n) is 10.8. The molecule has 0 aliphatic carbocycles. The molecule has 0 atom stereocenters. The van der Waals surface area contributed by atoms with E-state index in [9.17, 15) is 19.5 Å². The fraction of sp³-hybridized carbons (Fsp3) is 0.542. The van der Waals surface area contributed by atoms with Crippen molar-refractivity contribution in [2.24, 2.45) is 5.92 Å². The van der Waals surface area contributed by atoms with Crippen LogP contribution in [0.15, 0.2) is 23.0 Å². The second kappa shape index (κ2) is 9.98. The number of hydrogen-bond acceptors (Lipinski definition) is 4. The van der Waals surface area contributed by atoms with E-state index in [1.54, 1.807) is 22.8 Å². The lowest BCUT2D eigenvalue weighted by Crippen LogP contribution is -2.45. The Bertz CT molecular complexity index is 1000. The standard InChI is InChI=1S/C24H34N2O5/c1-7-8-11-31-21-19-12-17(15-27)9-10-18(19)22(28)25(13-16(2)3)20(21)14-26(23(29)30)24(4,5)6/h9-10,12,15-16H,7-8,11,13-14H2,1-6H3,(H,29,30). The lowest BCUT2D eigenvalue weighted by Gasteiger charge is -2.34. The minimum Gasteiger partial charge on any atom is -0.491 e. The maximum absolute atomic E-state index is 13.4. The lowest BCUT2D eigenvalue weighted by molar-refractivity contribution is 0.0926. The Morgan fingerprint density at radius 2 is 1.94 bits per heavy atom.